The first-order chi connectivity index (χ1) is 10.9. The summed E-state index contributed by atoms with van der Waals surface area (Å²) in [6.07, 6.45) is 7.40. The maximum atomic E-state index is 4.76. The summed E-state index contributed by atoms with van der Waals surface area (Å²) in [5.41, 5.74) is 3.98. The van der Waals surface area contributed by atoms with E-state index in [0.29, 0.717) is 5.92 Å². The number of anilines is 1. The first kappa shape index (κ1) is 13.8. The Labute approximate surface area is 132 Å². The number of nitrogens with zero attached hydrogens (tertiary/aromatic N) is 3. The van der Waals surface area contributed by atoms with Gasteiger partial charge in [0.1, 0.15) is 0 Å². The van der Waals surface area contributed by atoms with Crippen molar-refractivity contribution < 1.29 is 0 Å². The fourth-order valence-corrected chi connectivity index (χ4v) is 3.85. The highest BCUT2D eigenvalue weighted by molar-refractivity contribution is 5.54. The lowest BCUT2D eigenvalue weighted by Crippen LogP contribution is -2.43. The van der Waals surface area contributed by atoms with E-state index in [-0.39, 0.29) is 0 Å². The molecule has 2 aromatic rings. The lowest BCUT2D eigenvalue weighted by Gasteiger charge is -2.30. The molecule has 2 aliphatic rings. The monoisotopic (exact) mass is 296 g/mol. The Morgan fingerprint density at radius 1 is 1.00 bits per heavy atom. The topological polar surface area (TPSA) is 33.1 Å². The Morgan fingerprint density at radius 3 is 2.45 bits per heavy atom. The maximum Gasteiger partial charge on any atom is 0.0793 e. The molecule has 0 atom stereocenters. The number of piperazine rings is 1. The molecule has 1 N–H and O–H groups in total. The van der Waals surface area contributed by atoms with Crippen LogP contribution in [0.25, 0.3) is 5.69 Å². The number of nitrogens with one attached hydrogen (secondary N) is 1. The van der Waals surface area contributed by atoms with Gasteiger partial charge in [0, 0.05) is 32.1 Å². The van der Waals surface area contributed by atoms with Gasteiger partial charge in [0.25, 0.3) is 0 Å². The molecule has 0 amide bonds. The predicted molar refractivity (Wildman–Crippen MR) is 89.9 cm³/mol. The molecule has 1 aromatic heterocycles. The van der Waals surface area contributed by atoms with Crippen LogP contribution in [0.2, 0.25) is 0 Å². The standard InChI is InChI=1S/C18H24N4/c1-2-8-16(9-3-1)22-18(15-6-4-5-7-15)17(14-20-22)21-12-10-19-11-13-21/h1-3,8-9,14-15,19H,4-7,10-13H2. The third-order valence-corrected chi connectivity index (χ3v) is 4.99. The van der Waals surface area contributed by atoms with Crippen LogP contribution in [-0.4, -0.2) is 36.0 Å². The van der Waals surface area contributed by atoms with E-state index in [0.717, 1.165) is 26.2 Å². The van der Waals surface area contributed by atoms with Crippen molar-refractivity contribution in [2.75, 3.05) is 31.1 Å². The molecule has 0 bridgehead atoms. The second-order valence-electron chi connectivity index (χ2n) is 6.38. The summed E-state index contributed by atoms with van der Waals surface area (Å²) < 4.78 is 2.19. The molecule has 1 saturated carbocycles. The summed E-state index contributed by atoms with van der Waals surface area (Å²) in [4.78, 5) is 2.51. The van der Waals surface area contributed by atoms with Crippen LogP contribution in [0.4, 0.5) is 5.69 Å². The van der Waals surface area contributed by atoms with E-state index in [2.05, 4.69) is 51.4 Å². The lowest BCUT2D eigenvalue weighted by molar-refractivity contribution is 0.581. The number of benzene rings is 1. The van der Waals surface area contributed by atoms with Crippen LogP contribution in [0.3, 0.4) is 0 Å². The zero-order valence-corrected chi connectivity index (χ0v) is 13.0. The fraction of sp³-hybridized carbons (Fsp3) is 0.500. The second-order valence-corrected chi connectivity index (χ2v) is 6.38. The first-order valence-corrected chi connectivity index (χ1v) is 8.52. The van der Waals surface area contributed by atoms with E-state index >= 15 is 0 Å². The third-order valence-electron chi connectivity index (χ3n) is 4.99. The minimum atomic E-state index is 0.660. The molecule has 0 radical (unpaired) electrons. The van der Waals surface area contributed by atoms with Crippen LogP contribution < -0.4 is 10.2 Å². The van der Waals surface area contributed by atoms with E-state index in [1.54, 1.807) is 0 Å². The SMILES string of the molecule is c1ccc(-n2ncc(N3CCNCC3)c2C2CCCC2)cc1. The van der Waals surface area contributed by atoms with Gasteiger partial charge < -0.3 is 10.2 Å². The van der Waals surface area contributed by atoms with Gasteiger partial charge >= 0.3 is 0 Å². The molecule has 116 valence electrons. The molecule has 2 heterocycles. The van der Waals surface area contributed by atoms with Crippen molar-refractivity contribution in [3.05, 3.63) is 42.2 Å². The second kappa shape index (κ2) is 6.13. The van der Waals surface area contributed by atoms with Crippen molar-refractivity contribution in [1.29, 1.82) is 0 Å². The number of rotatable bonds is 3. The van der Waals surface area contributed by atoms with Crippen LogP contribution in [0, 0.1) is 0 Å². The normalized spacial score (nSPS) is 19.7. The van der Waals surface area contributed by atoms with E-state index in [1.165, 1.54) is 42.8 Å². The Morgan fingerprint density at radius 2 is 1.73 bits per heavy atom. The summed E-state index contributed by atoms with van der Waals surface area (Å²) in [5, 5.41) is 8.20. The van der Waals surface area contributed by atoms with Crippen LogP contribution in [0.15, 0.2) is 36.5 Å². The maximum absolute atomic E-state index is 4.76. The van der Waals surface area contributed by atoms with Gasteiger partial charge in [0.15, 0.2) is 0 Å². The average Bonchev–Trinajstić information content (AvgIpc) is 3.25. The molecular formula is C18H24N4. The van der Waals surface area contributed by atoms with Gasteiger partial charge in [-0.05, 0) is 25.0 Å². The van der Waals surface area contributed by atoms with E-state index < -0.39 is 0 Å². The zero-order chi connectivity index (χ0) is 14.8. The molecule has 1 aliphatic heterocycles. The van der Waals surface area contributed by atoms with Gasteiger partial charge in [-0.15, -0.1) is 0 Å². The van der Waals surface area contributed by atoms with Gasteiger partial charge in [0.2, 0.25) is 0 Å². The van der Waals surface area contributed by atoms with Gasteiger partial charge in [-0.2, -0.15) is 5.10 Å². The van der Waals surface area contributed by atoms with Crippen LogP contribution >= 0.6 is 0 Å². The minimum Gasteiger partial charge on any atom is -0.366 e. The number of para-hydroxylation sites is 1. The van der Waals surface area contributed by atoms with Gasteiger partial charge in [0.05, 0.1) is 23.3 Å². The molecule has 2 fully saturated rings. The van der Waals surface area contributed by atoms with Crippen LogP contribution in [0.5, 0.6) is 0 Å². The summed E-state index contributed by atoms with van der Waals surface area (Å²) in [6, 6.07) is 10.6. The minimum absolute atomic E-state index is 0.660. The Balaban J connectivity index is 1.76. The van der Waals surface area contributed by atoms with Crippen molar-refractivity contribution in [3.63, 3.8) is 0 Å². The van der Waals surface area contributed by atoms with E-state index in [4.69, 9.17) is 5.10 Å². The summed E-state index contributed by atoms with van der Waals surface area (Å²) >= 11 is 0. The highest BCUT2D eigenvalue weighted by atomic mass is 15.3. The first-order valence-electron chi connectivity index (χ1n) is 8.52. The third kappa shape index (κ3) is 2.52. The fourth-order valence-electron chi connectivity index (χ4n) is 3.85. The molecule has 1 aromatic carbocycles. The Bertz CT molecular complexity index is 607. The summed E-state index contributed by atoms with van der Waals surface area (Å²) in [7, 11) is 0. The summed E-state index contributed by atoms with van der Waals surface area (Å²) in [6.45, 7) is 4.31. The molecule has 22 heavy (non-hydrogen) atoms. The molecular weight excluding hydrogens is 272 g/mol. The average molecular weight is 296 g/mol. The molecule has 0 unspecified atom stereocenters. The largest absolute Gasteiger partial charge is 0.366 e. The molecule has 1 saturated heterocycles. The van der Waals surface area contributed by atoms with Gasteiger partial charge in [-0.3, -0.25) is 0 Å². The van der Waals surface area contributed by atoms with Crippen molar-refractivity contribution in [1.82, 2.24) is 15.1 Å². The highest BCUT2D eigenvalue weighted by Crippen LogP contribution is 2.40. The van der Waals surface area contributed by atoms with Gasteiger partial charge in [-0.1, -0.05) is 31.0 Å². The lowest BCUT2D eigenvalue weighted by atomic mass is 10.0. The van der Waals surface area contributed by atoms with Crippen LogP contribution in [-0.2, 0) is 0 Å². The number of hydrogen-bond donors (Lipinski definition) is 1. The van der Waals surface area contributed by atoms with E-state index in [9.17, 15) is 0 Å². The Kier molecular flexibility index (Phi) is 3.85. The highest BCUT2D eigenvalue weighted by Gasteiger charge is 2.27. The molecule has 4 rings (SSSR count). The van der Waals surface area contributed by atoms with Crippen molar-refractivity contribution in [2.45, 2.75) is 31.6 Å². The number of aromatic nitrogens is 2. The predicted octanol–water partition coefficient (Wildman–Crippen LogP) is 2.94. The van der Waals surface area contributed by atoms with Crippen LogP contribution in [0.1, 0.15) is 37.3 Å². The van der Waals surface area contributed by atoms with Crippen molar-refractivity contribution in [2.24, 2.45) is 0 Å². The summed E-state index contributed by atoms with van der Waals surface area (Å²) in [5.74, 6) is 0.660. The molecule has 0 spiro atoms. The molecule has 4 heteroatoms. The quantitative estimate of drug-likeness (QED) is 0.945. The smallest absolute Gasteiger partial charge is 0.0793 e. The molecule has 4 nitrogen and oxygen atoms in total. The van der Waals surface area contributed by atoms with E-state index in [1.807, 2.05) is 0 Å². The van der Waals surface area contributed by atoms with Crippen molar-refractivity contribution in [3.8, 4) is 5.69 Å². The zero-order valence-electron chi connectivity index (χ0n) is 13.0. The molecule has 1 aliphatic carbocycles. The number of hydrogen-bond acceptors (Lipinski definition) is 3. The van der Waals surface area contributed by atoms with Gasteiger partial charge in [-0.25, -0.2) is 4.68 Å². The Hall–Kier alpha value is -1.81. The van der Waals surface area contributed by atoms with Crippen molar-refractivity contribution >= 4 is 5.69 Å².